The van der Waals surface area contributed by atoms with E-state index in [1.165, 1.54) is 19.3 Å². The molecule has 1 aliphatic carbocycles. The number of allylic oxidation sites excluding steroid dienone is 1. The number of likely N-dealkylation sites (N-methyl/N-ethyl adjacent to an activating group) is 1. The molecular formula is C29H39N7O3. The van der Waals surface area contributed by atoms with E-state index in [-0.39, 0.29) is 23.8 Å². The SMILES string of the molecule is C=CCC1CN(C2CCCCC2)c2nc(Nc3ccc(C(=O)NC4CN(C)C4)cc3OC)ncc2N(C)C1=O. The lowest BCUT2D eigenvalue weighted by molar-refractivity contribution is -0.121. The first-order valence-electron chi connectivity index (χ1n) is 13.8. The molecule has 1 aromatic carbocycles. The van der Waals surface area contributed by atoms with Crippen LogP contribution in [0.2, 0.25) is 0 Å². The van der Waals surface area contributed by atoms with Crippen molar-refractivity contribution in [2.75, 3.05) is 56.0 Å². The Balaban J connectivity index is 1.42. The predicted molar refractivity (Wildman–Crippen MR) is 153 cm³/mol. The Morgan fingerprint density at radius 1 is 1.18 bits per heavy atom. The second kappa shape index (κ2) is 11.6. The molecule has 208 valence electrons. The molecule has 0 radical (unpaired) electrons. The van der Waals surface area contributed by atoms with Crippen LogP contribution in [0.4, 0.5) is 23.1 Å². The van der Waals surface area contributed by atoms with E-state index in [1.54, 1.807) is 37.4 Å². The van der Waals surface area contributed by atoms with Gasteiger partial charge in [-0.3, -0.25) is 9.59 Å². The molecule has 2 aliphatic heterocycles. The Hall–Kier alpha value is -3.66. The van der Waals surface area contributed by atoms with Gasteiger partial charge in [0.2, 0.25) is 11.9 Å². The molecule has 0 bridgehead atoms. The quantitative estimate of drug-likeness (QED) is 0.497. The van der Waals surface area contributed by atoms with Gasteiger partial charge in [-0.05, 0) is 44.5 Å². The lowest BCUT2D eigenvalue weighted by Gasteiger charge is -2.36. The first-order valence-corrected chi connectivity index (χ1v) is 13.8. The van der Waals surface area contributed by atoms with E-state index in [1.807, 2.05) is 19.2 Å². The minimum atomic E-state index is -0.181. The lowest BCUT2D eigenvalue weighted by atomic mass is 9.93. The number of methoxy groups -OCH3 is 1. The van der Waals surface area contributed by atoms with Crippen LogP contribution < -0.4 is 25.2 Å². The number of fused-ring (bicyclic) bond motifs is 1. The van der Waals surface area contributed by atoms with Crippen molar-refractivity contribution in [3.63, 3.8) is 0 Å². The number of rotatable bonds is 8. The zero-order valence-electron chi connectivity index (χ0n) is 23.2. The van der Waals surface area contributed by atoms with Gasteiger partial charge in [-0.2, -0.15) is 4.98 Å². The summed E-state index contributed by atoms with van der Waals surface area (Å²) in [6, 6.07) is 5.80. The van der Waals surface area contributed by atoms with Crippen LogP contribution in [0.1, 0.15) is 48.9 Å². The maximum Gasteiger partial charge on any atom is 0.251 e. The Morgan fingerprint density at radius 3 is 2.64 bits per heavy atom. The molecule has 10 heteroatoms. The maximum absolute atomic E-state index is 13.3. The predicted octanol–water partition coefficient (Wildman–Crippen LogP) is 3.58. The monoisotopic (exact) mass is 533 g/mol. The van der Waals surface area contributed by atoms with Crippen LogP contribution in [-0.4, -0.2) is 79.6 Å². The minimum absolute atomic E-state index is 0.0582. The van der Waals surface area contributed by atoms with Crippen molar-refractivity contribution >= 4 is 35.0 Å². The number of carbonyl (C=O) groups is 2. The zero-order chi connectivity index (χ0) is 27.5. The summed E-state index contributed by atoms with van der Waals surface area (Å²) < 4.78 is 5.61. The average molecular weight is 534 g/mol. The van der Waals surface area contributed by atoms with Gasteiger partial charge in [0.05, 0.1) is 31.0 Å². The number of anilines is 4. The van der Waals surface area contributed by atoms with Gasteiger partial charge in [0.15, 0.2) is 5.82 Å². The number of hydrogen-bond acceptors (Lipinski definition) is 8. The fourth-order valence-corrected chi connectivity index (χ4v) is 5.88. The second-order valence-electron chi connectivity index (χ2n) is 10.9. The van der Waals surface area contributed by atoms with Gasteiger partial charge in [0, 0.05) is 38.3 Å². The molecule has 2 N–H and O–H groups in total. The van der Waals surface area contributed by atoms with Gasteiger partial charge in [-0.25, -0.2) is 4.98 Å². The molecule has 5 rings (SSSR count). The van der Waals surface area contributed by atoms with Gasteiger partial charge in [0.1, 0.15) is 11.4 Å². The largest absolute Gasteiger partial charge is 0.495 e. The highest BCUT2D eigenvalue weighted by Gasteiger charge is 2.36. The first-order chi connectivity index (χ1) is 18.9. The van der Waals surface area contributed by atoms with Crippen molar-refractivity contribution in [1.82, 2.24) is 20.2 Å². The molecule has 1 saturated carbocycles. The van der Waals surface area contributed by atoms with Crippen molar-refractivity contribution in [3.05, 3.63) is 42.6 Å². The summed E-state index contributed by atoms with van der Waals surface area (Å²) in [5, 5.41) is 6.34. The standard InChI is InChI=1S/C29H39N7O3/c1-5-9-20-16-36(22-10-7-6-8-11-22)26-24(35(3)28(20)38)15-30-29(33-26)32-23-13-12-19(14-25(23)39-4)27(37)31-21-17-34(2)18-21/h5,12-15,20-22H,1,6-11,16-18H2,2-4H3,(H,31,37)(H,30,32,33). The molecule has 1 saturated heterocycles. The molecule has 1 aromatic heterocycles. The van der Waals surface area contributed by atoms with Crippen LogP contribution in [0.25, 0.3) is 0 Å². The molecule has 3 heterocycles. The smallest absolute Gasteiger partial charge is 0.251 e. The summed E-state index contributed by atoms with van der Waals surface area (Å²) in [6.45, 7) is 6.19. The number of aromatic nitrogens is 2. The fraction of sp³-hybridized carbons (Fsp3) is 0.517. The van der Waals surface area contributed by atoms with E-state index in [0.29, 0.717) is 47.6 Å². The number of nitrogens with zero attached hydrogens (tertiary/aromatic N) is 5. The number of carbonyl (C=O) groups excluding carboxylic acids is 2. The van der Waals surface area contributed by atoms with Crippen LogP contribution in [0.3, 0.4) is 0 Å². The molecule has 2 amide bonds. The normalized spacial score (nSPS) is 20.6. The van der Waals surface area contributed by atoms with Gasteiger partial charge in [0.25, 0.3) is 5.91 Å². The minimum Gasteiger partial charge on any atom is -0.495 e. The summed E-state index contributed by atoms with van der Waals surface area (Å²) in [6.07, 6.45) is 9.93. The van der Waals surface area contributed by atoms with Gasteiger partial charge in [-0.15, -0.1) is 6.58 Å². The summed E-state index contributed by atoms with van der Waals surface area (Å²) in [5.74, 6) is 1.45. The van der Waals surface area contributed by atoms with Crippen molar-refractivity contribution in [3.8, 4) is 5.75 Å². The van der Waals surface area contributed by atoms with E-state index in [9.17, 15) is 9.59 Å². The van der Waals surface area contributed by atoms with E-state index in [4.69, 9.17) is 9.72 Å². The van der Waals surface area contributed by atoms with Crippen molar-refractivity contribution in [2.45, 2.75) is 50.6 Å². The third-order valence-corrected chi connectivity index (χ3v) is 8.06. The number of nitrogens with one attached hydrogen (secondary N) is 2. The highest BCUT2D eigenvalue weighted by molar-refractivity contribution is 5.99. The molecule has 39 heavy (non-hydrogen) atoms. The summed E-state index contributed by atoms with van der Waals surface area (Å²) in [4.78, 5) is 41.7. The Labute approximate surface area is 230 Å². The highest BCUT2D eigenvalue weighted by Crippen LogP contribution is 2.38. The van der Waals surface area contributed by atoms with Crippen molar-refractivity contribution < 1.29 is 14.3 Å². The maximum atomic E-state index is 13.3. The van der Waals surface area contributed by atoms with Gasteiger partial charge >= 0.3 is 0 Å². The molecule has 1 unspecified atom stereocenters. The molecule has 2 fully saturated rings. The Morgan fingerprint density at radius 2 is 1.95 bits per heavy atom. The van der Waals surface area contributed by atoms with Crippen LogP contribution >= 0.6 is 0 Å². The molecule has 3 aliphatic rings. The van der Waals surface area contributed by atoms with Crippen LogP contribution in [0, 0.1) is 5.92 Å². The highest BCUT2D eigenvalue weighted by atomic mass is 16.5. The first kappa shape index (κ1) is 26.9. The molecule has 0 spiro atoms. The van der Waals surface area contributed by atoms with E-state index in [0.717, 1.165) is 31.7 Å². The fourth-order valence-electron chi connectivity index (χ4n) is 5.88. The van der Waals surface area contributed by atoms with Crippen LogP contribution in [0.15, 0.2) is 37.1 Å². The molecular weight excluding hydrogens is 494 g/mol. The summed E-state index contributed by atoms with van der Waals surface area (Å²) in [7, 11) is 5.40. The zero-order valence-corrected chi connectivity index (χ0v) is 23.2. The summed E-state index contributed by atoms with van der Waals surface area (Å²) in [5.41, 5.74) is 1.90. The third-order valence-electron chi connectivity index (χ3n) is 8.06. The number of likely N-dealkylation sites (tertiary alicyclic amines) is 1. The van der Waals surface area contributed by atoms with E-state index < -0.39 is 0 Å². The van der Waals surface area contributed by atoms with Gasteiger partial charge in [-0.1, -0.05) is 25.3 Å². The molecule has 1 atom stereocenters. The van der Waals surface area contributed by atoms with E-state index in [2.05, 4.69) is 32.0 Å². The van der Waals surface area contributed by atoms with Gasteiger partial charge < -0.3 is 30.1 Å². The molecule has 2 aromatic rings. The Bertz CT molecular complexity index is 1220. The molecule has 10 nitrogen and oxygen atoms in total. The van der Waals surface area contributed by atoms with Crippen molar-refractivity contribution in [1.29, 1.82) is 0 Å². The number of benzene rings is 1. The number of ether oxygens (including phenoxy) is 1. The Kier molecular flexibility index (Phi) is 8.02. The summed E-state index contributed by atoms with van der Waals surface area (Å²) >= 11 is 0. The van der Waals surface area contributed by atoms with Crippen molar-refractivity contribution in [2.24, 2.45) is 5.92 Å². The second-order valence-corrected chi connectivity index (χ2v) is 10.9. The van der Waals surface area contributed by atoms with E-state index >= 15 is 0 Å². The van der Waals surface area contributed by atoms with Crippen LogP contribution in [0.5, 0.6) is 5.75 Å². The number of hydrogen-bond donors (Lipinski definition) is 2. The van der Waals surface area contributed by atoms with Crippen LogP contribution in [-0.2, 0) is 4.79 Å². The average Bonchev–Trinajstić information content (AvgIpc) is 3.03. The topological polar surface area (TPSA) is 103 Å². The third kappa shape index (κ3) is 5.71. The number of amides is 2. The lowest BCUT2D eigenvalue weighted by Crippen LogP contribution is -2.57.